The van der Waals surface area contributed by atoms with E-state index < -0.39 is 0 Å². The van der Waals surface area contributed by atoms with Crippen LogP contribution in [0.4, 0.5) is 0 Å². The van der Waals surface area contributed by atoms with Crippen LogP contribution in [-0.2, 0) is 13.1 Å². The minimum absolute atomic E-state index is 0.0330. The van der Waals surface area contributed by atoms with Gasteiger partial charge in [-0.15, -0.1) is 0 Å². The molecular formula is C25H35N5O. The molecule has 166 valence electrons. The SMILES string of the molecule is CCNC(=NCc1ccc(CN2CCCC2)cc1)NCCCNC(=O)c1ccccc1. The first kappa shape index (κ1) is 22.8. The second-order valence-corrected chi connectivity index (χ2v) is 7.90. The lowest BCUT2D eigenvalue weighted by molar-refractivity contribution is 0.0953. The van der Waals surface area contributed by atoms with Crippen molar-refractivity contribution in [1.82, 2.24) is 20.9 Å². The molecule has 1 fully saturated rings. The van der Waals surface area contributed by atoms with Crippen molar-refractivity contribution in [2.75, 3.05) is 32.7 Å². The summed E-state index contributed by atoms with van der Waals surface area (Å²) in [5, 5.41) is 9.58. The van der Waals surface area contributed by atoms with Crippen LogP contribution in [0.3, 0.4) is 0 Å². The third kappa shape index (κ3) is 8.06. The zero-order valence-electron chi connectivity index (χ0n) is 18.6. The highest BCUT2D eigenvalue weighted by atomic mass is 16.1. The van der Waals surface area contributed by atoms with E-state index in [0.717, 1.165) is 32.0 Å². The number of carbonyl (C=O) groups is 1. The predicted molar refractivity (Wildman–Crippen MR) is 127 cm³/mol. The minimum atomic E-state index is -0.0330. The smallest absolute Gasteiger partial charge is 0.251 e. The van der Waals surface area contributed by atoms with Crippen LogP contribution < -0.4 is 16.0 Å². The number of hydrogen-bond donors (Lipinski definition) is 3. The fourth-order valence-electron chi connectivity index (χ4n) is 3.65. The molecule has 0 saturated carbocycles. The van der Waals surface area contributed by atoms with E-state index in [4.69, 9.17) is 4.99 Å². The van der Waals surface area contributed by atoms with E-state index in [1.54, 1.807) is 0 Å². The second kappa shape index (κ2) is 12.7. The minimum Gasteiger partial charge on any atom is -0.357 e. The number of guanidine groups is 1. The highest BCUT2D eigenvalue weighted by Crippen LogP contribution is 2.13. The van der Waals surface area contributed by atoms with Crippen LogP contribution >= 0.6 is 0 Å². The molecule has 1 aliphatic rings. The van der Waals surface area contributed by atoms with E-state index in [1.165, 1.54) is 37.1 Å². The van der Waals surface area contributed by atoms with Crippen molar-refractivity contribution in [3.05, 3.63) is 71.3 Å². The van der Waals surface area contributed by atoms with Gasteiger partial charge >= 0.3 is 0 Å². The fourth-order valence-corrected chi connectivity index (χ4v) is 3.65. The van der Waals surface area contributed by atoms with Crippen molar-refractivity contribution in [3.63, 3.8) is 0 Å². The number of carbonyl (C=O) groups excluding carboxylic acids is 1. The summed E-state index contributed by atoms with van der Waals surface area (Å²) < 4.78 is 0. The van der Waals surface area contributed by atoms with Crippen molar-refractivity contribution < 1.29 is 4.79 Å². The van der Waals surface area contributed by atoms with Gasteiger partial charge in [-0.3, -0.25) is 9.69 Å². The molecule has 3 rings (SSSR count). The number of benzene rings is 2. The van der Waals surface area contributed by atoms with Crippen molar-refractivity contribution in [1.29, 1.82) is 0 Å². The Hall–Kier alpha value is -2.86. The lowest BCUT2D eigenvalue weighted by atomic mass is 10.1. The van der Waals surface area contributed by atoms with Gasteiger partial charge in [0.2, 0.25) is 0 Å². The van der Waals surface area contributed by atoms with Gasteiger partial charge in [0.1, 0.15) is 0 Å². The van der Waals surface area contributed by atoms with Gasteiger partial charge in [0.05, 0.1) is 6.54 Å². The Morgan fingerprint density at radius 2 is 1.58 bits per heavy atom. The van der Waals surface area contributed by atoms with Crippen LogP contribution in [-0.4, -0.2) is 49.5 Å². The van der Waals surface area contributed by atoms with Gasteiger partial charge in [0.15, 0.2) is 5.96 Å². The van der Waals surface area contributed by atoms with Crippen molar-refractivity contribution in [3.8, 4) is 0 Å². The number of aliphatic imine (C=N–C) groups is 1. The lowest BCUT2D eigenvalue weighted by Crippen LogP contribution is -2.38. The summed E-state index contributed by atoms with van der Waals surface area (Å²) in [6, 6.07) is 18.1. The average Bonchev–Trinajstić information content (AvgIpc) is 3.31. The molecule has 1 saturated heterocycles. The Labute approximate surface area is 186 Å². The maximum absolute atomic E-state index is 12.1. The average molecular weight is 422 g/mol. The third-order valence-electron chi connectivity index (χ3n) is 5.36. The topological polar surface area (TPSA) is 68.8 Å². The summed E-state index contributed by atoms with van der Waals surface area (Å²) in [6.07, 6.45) is 3.48. The molecule has 0 atom stereocenters. The highest BCUT2D eigenvalue weighted by molar-refractivity contribution is 5.94. The van der Waals surface area contributed by atoms with Gasteiger partial charge in [-0.05, 0) is 62.5 Å². The number of nitrogens with zero attached hydrogens (tertiary/aromatic N) is 2. The quantitative estimate of drug-likeness (QED) is 0.313. The van der Waals surface area contributed by atoms with Gasteiger partial charge in [-0.2, -0.15) is 0 Å². The van der Waals surface area contributed by atoms with Crippen LogP contribution in [0.2, 0.25) is 0 Å². The van der Waals surface area contributed by atoms with Gasteiger partial charge in [-0.25, -0.2) is 4.99 Å². The molecule has 2 aromatic carbocycles. The summed E-state index contributed by atoms with van der Waals surface area (Å²) in [5.41, 5.74) is 3.27. The highest BCUT2D eigenvalue weighted by Gasteiger charge is 2.11. The Morgan fingerprint density at radius 3 is 2.29 bits per heavy atom. The zero-order valence-corrected chi connectivity index (χ0v) is 18.6. The molecule has 3 N–H and O–H groups in total. The molecule has 0 bridgehead atoms. The van der Waals surface area contributed by atoms with Crippen LogP contribution in [0.15, 0.2) is 59.6 Å². The van der Waals surface area contributed by atoms with Crippen LogP contribution in [0.1, 0.15) is 47.7 Å². The molecule has 1 aliphatic heterocycles. The summed E-state index contributed by atoms with van der Waals surface area (Å²) in [7, 11) is 0. The Balaban J connectivity index is 1.38. The molecular weight excluding hydrogens is 386 g/mol. The molecule has 0 unspecified atom stereocenters. The molecule has 6 nitrogen and oxygen atoms in total. The second-order valence-electron chi connectivity index (χ2n) is 7.90. The monoisotopic (exact) mass is 421 g/mol. The van der Waals surface area contributed by atoms with E-state index >= 15 is 0 Å². The zero-order chi connectivity index (χ0) is 21.7. The van der Waals surface area contributed by atoms with E-state index in [0.29, 0.717) is 18.7 Å². The summed E-state index contributed by atoms with van der Waals surface area (Å²) in [5.74, 6) is 0.771. The maximum Gasteiger partial charge on any atom is 0.251 e. The maximum atomic E-state index is 12.1. The van der Waals surface area contributed by atoms with Crippen molar-refractivity contribution >= 4 is 11.9 Å². The molecule has 0 aromatic heterocycles. The Kier molecular flexibility index (Phi) is 9.38. The Bertz CT molecular complexity index is 814. The normalized spacial score (nSPS) is 14.4. The predicted octanol–water partition coefficient (Wildman–Crippen LogP) is 3.16. The molecule has 1 heterocycles. The van der Waals surface area contributed by atoms with Gasteiger partial charge in [-0.1, -0.05) is 42.5 Å². The summed E-state index contributed by atoms with van der Waals surface area (Å²) in [4.78, 5) is 19.3. The lowest BCUT2D eigenvalue weighted by Gasteiger charge is -2.14. The first-order valence-electron chi connectivity index (χ1n) is 11.4. The van der Waals surface area contributed by atoms with Gasteiger partial charge in [0, 0.05) is 31.7 Å². The van der Waals surface area contributed by atoms with Crippen molar-refractivity contribution in [2.45, 2.75) is 39.3 Å². The number of amides is 1. The van der Waals surface area contributed by atoms with Crippen LogP contribution in [0, 0.1) is 0 Å². The summed E-state index contributed by atoms with van der Waals surface area (Å²) in [6.45, 7) is 8.38. The number of nitrogens with one attached hydrogen (secondary N) is 3. The number of rotatable bonds is 10. The Morgan fingerprint density at radius 1 is 0.903 bits per heavy atom. The first-order chi connectivity index (χ1) is 15.2. The summed E-state index contributed by atoms with van der Waals surface area (Å²) >= 11 is 0. The van der Waals surface area contributed by atoms with E-state index in [-0.39, 0.29) is 5.91 Å². The molecule has 31 heavy (non-hydrogen) atoms. The van der Waals surface area contributed by atoms with E-state index in [1.807, 2.05) is 30.3 Å². The largest absolute Gasteiger partial charge is 0.357 e. The molecule has 0 spiro atoms. The fraction of sp³-hybridized carbons (Fsp3) is 0.440. The first-order valence-corrected chi connectivity index (χ1v) is 11.4. The number of hydrogen-bond acceptors (Lipinski definition) is 3. The molecule has 1 amide bonds. The third-order valence-corrected chi connectivity index (χ3v) is 5.36. The molecule has 0 aliphatic carbocycles. The van der Waals surface area contributed by atoms with Gasteiger partial charge in [0.25, 0.3) is 5.91 Å². The molecule has 0 radical (unpaired) electrons. The van der Waals surface area contributed by atoms with Crippen LogP contribution in [0.5, 0.6) is 0 Å². The van der Waals surface area contributed by atoms with E-state index in [9.17, 15) is 4.79 Å². The molecule has 2 aromatic rings. The number of likely N-dealkylation sites (tertiary alicyclic amines) is 1. The van der Waals surface area contributed by atoms with Crippen molar-refractivity contribution in [2.24, 2.45) is 4.99 Å². The van der Waals surface area contributed by atoms with Crippen LogP contribution in [0.25, 0.3) is 0 Å². The van der Waals surface area contributed by atoms with E-state index in [2.05, 4.69) is 52.0 Å². The molecule has 6 heteroatoms. The van der Waals surface area contributed by atoms with Gasteiger partial charge < -0.3 is 16.0 Å². The standard InChI is InChI=1S/C25H35N5O/c1-2-26-25(28-16-8-15-27-24(31)23-9-4-3-5-10-23)29-19-21-11-13-22(14-12-21)20-30-17-6-7-18-30/h3-5,9-14H,2,6-8,15-20H2,1H3,(H,27,31)(H2,26,28,29).